The Morgan fingerprint density at radius 2 is 1.39 bits per heavy atom. The summed E-state index contributed by atoms with van der Waals surface area (Å²) in [5, 5.41) is 2.90. The number of rotatable bonds is 12. The van der Waals surface area contributed by atoms with E-state index >= 15 is 0 Å². The lowest BCUT2D eigenvalue weighted by Crippen LogP contribution is -2.50. The van der Waals surface area contributed by atoms with Crippen LogP contribution in [0.4, 0.5) is 9.18 Å². The first-order valence-corrected chi connectivity index (χ1v) is 12.0. The molecule has 0 radical (unpaired) electrons. The Balaban J connectivity index is 2.02. The van der Waals surface area contributed by atoms with Crippen LogP contribution in [0.15, 0.2) is 60.7 Å². The second-order valence-corrected chi connectivity index (χ2v) is 8.82. The summed E-state index contributed by atoms with van der Waals surface area (Å²) >= 11 is 0. The zero-order chi connectivity index (χ0) is 27.7. The van der Waals surface area contributed by atoms with E-state index < -0.39 is 17.4 Å². The molecule has 202 valence electrons. The summed E-state index contributed by atoms with van der Waals surface area (Å²) < 4.78 is 36.4. The van der Waals surface area contributed by atoms with Gasteiger partial charge in [-0.3, -0.25) is 0 Å². The highest BCUT2D eigenvalue weighted by Crippen LogP contribution is 2.31. The number of nitrogens with one attached hydrogen (secondary N) is 1. The van der Waals surface area contributed by atoms with Gasteiger partial charge in [-0.05, 0) is 37.3 Å². The molecule has 0 saturated carbocycles. The predicted molar refractivity (Wildman–Crippen MR) is 141 cm³/mol. The number of benzene rings is 3. The summed E-state index contributed by atoms with van der Waals surface area (Å²) in [5.74, 6) is 1.77. The van der Waals surface area contributed by atoms with Crippen molar-refractivity contribution in [3.8, 4) is 23.0 Å². The molecule has 0 aliphatic heterocycles. The van der Waals surface area contributed by atoms with Gasteiger partial charge in [-0.25, -0.2) is 9.18 Å². The molecule has 8 nitrogen and oxygen atoms in total. The van der Waals surface area contributed by atoms with Crippen molar-refractivity contribution in [2.24, 2.45) is 0 Å². The van der Waals surface area contributed by atoms with E-state index in [2.05, 4.69) is 5.32 Å². The minimum atomic E-state index is -1.28. The predicted octanol–water partition coefficient (Wildman–Crippen LogP) is 5.08. The minimum absolute atomic E-state index is 0.120. The maximum atomic E-state index is 14.8. The molecule has 0 heterocycles. The maximum absolute atomic E-state index is 14.8. The monoisotopic (exact) mass is 524 g/mol. The molecule has 3 aromatic carbocycles. The van der Waals surface area contributed by atoms with Crippen LogP contribution < -0.4 is 24.3 Å². The summed E-state index contributed by atoms with van der Waals surface area (Å²) in [6, 6.07) is 16.2. The molecule has 3 aromatic rings. The van der Waals surface area contributed by atoms with Gasteiger partial charge in [-0.2, -0.15) is 0 Å². The molecule has 9 heteroatoms. The van der Waals surface area contributed by atoms with Crippen LogP contribution in [0.5, 0.6) is 23.0 Å². The van der Waals surface area contributed by atoms with Crippen molar-refractivity contribution >= 4 is 12.3 Å². The number of ether oxygens (including phenoxy) is 4. The van der Waals surface area contributed by atoms with E-state index in [4.69, 9.17) is 18.9 Å². The molecule has 38 heavy (non-hydrogen) atoms. The van der Waals surface area contributed by atoms with Gasteiger partial charge < -0.3 is 34.0 Å². The lowest BCUT2D eigenvalue weighted by atomic mass is 9.88. The Bertz CT molecular complexity index is 1210. The van der Waals surface area contributed by atoms with Crippen molar-refractivity contribution in [1.82, 2.24) is 10.2 Å². The first kappa shape index (κ1) is 28.3. The van der Waals surface area contributed by atoms with Gasteiger partial charge in [0.15, 0.2) is 0 Å². The van der Waals surface area contributed by atoms with E-state index in [0.29, 0.717) is 29.3 Å². The Morgan fingerprint density at radius 1 is 0.868 bits per heavy atom. The van der Waals surface area contributed by atoms with Crippen LogP contribution in [0.2, 0.25) is 0 Å². The number of halogens is 1. The van der Waals surface area contributed by atoms with Gasteiger partial charge in [-0.15, -0.1) is 0 Å². The summed E-state index contributed by atoms with van der Waals surface area (Å²) in [6.45, 7) is 1.91. The third-order valence-corrected chi connectivity index (χ3v) is 6.34. The lowest BCUT2D eigenvalue weighted by molar-refractivity contribution is -0.109. The van der Waals surface area contributed by atoms with E-state index in [-0.39, 0.29) is 25.1 Å². The summed E-state index contributed by atoms with van der Waals surface area (Å²) in [4.78, 5) is 26.9. The third-order valence-electron chi connectivity index (χ3n) is 6.34. The van der Waals surface area contributed by atoms with E-state index in [9.17, 15) is 14.0 Å². The molecule has 0 aliphatic rings. The zero-order valence-electron chi connectivity index (χ0n) is 22.2. The van der Waals surface area contributed by atoms with Crippen LogP contribution in [-0.2, 0) is 23.4 Å². The second kappa shape index (κ2) is 12.8. The van der Waals surface area contributed by atoms with Crippen molar-refractivity contribution in [2.45, 2.75) is 32.0 Å². The number of aldehydes is 1. The lowest BCUT2D eigenvalue weighted by Gasteiger charge is -2.34. The molecular weight excluding hydrogens is 491 g/mol. The smallest absolute Gasteiger partial charge is 0.318 e. The van der Waals surface area contributed by atoms with Gasteiger partial charge in [0.2, 0.25) is 0 Å². The molecule has 3 rings (SSSR count). The maximum Gasteiger partial charge on any atom is 0.318 e. The molecule has 1 atom stereocenters. The molecule has 0 aliphatic carbocycles. The summed E-state index contributed by atoms with van der Waals surface area (Å²) in [5.41, 5.74) is 0.374. The zero-order valence-corrected chi connectivity index (χ0v) is 22.2. The van der Waals surface area contributed by atoms with Gasteiger partial charge >= 0.3 is 6.03 Å². The van der Waals surface area contributed by atoms with Gasteiger partial charge in [0.1, 0.15) is 35.1 Å². The Labute approximate surface area is 222 Å². The highest BCUT2D eigenvalue weighted by Gasteiger charge is 2.33. The number of carbonyl (C=O) groups excluding carboxylic acids is 2. The van der Waals surface area contributed by atoms with Crippen LogP contribution in [0.3, 0.4) is 0 Å². The molecule has 0 aromatic heterocycles. The van der Waals surface area contributed by atoms with E-state index in [1.807, 2.05) is 12.1 Å². The third kappa shape index (κ3) is 6.53. The Kier molecular flexibility index (Phi) is 9.54. The largest absolute Gasteiger partial charge is 0.497 e. The summed E-state index contributed by atoms with van der Waals surface area (Å²) in [6.07, 6.45) is 0.543. The Hall–Kier alpha value is -4.27. The number of urea groups is 1. The molecule has 0 fully saturated rings. The van der Waals surface area contributed by atoms with E-state index in [1.165, 1.54) is 20.3 Å². The topological polar surface area (TPSA) is 86.3 Å². The van der Waals surface area contributed by atoms with Crippen molar-refractivity contribution in [3.63, 3.8) is 0 Å². The van der Waals surface area contributed by atoms with Crippen LogP contribution in [0, 0.1) is 5.82 Å². The fourth-order valence-electron chi connectivity index (χ4n) is 4.19. The SMILES string of the molecule is COc1ccc(CN(Cc2ccc(OC)cc2OC)C(=O)NC(C)(CC=O)c2ccccc2F)c(OC)c1. The molecule has 2 amide bonds. The van der Waals surface area contributed by atoms with Gasteiger partial charge in [0.25, 0.3) is 0 Å². The number of amides is 2. The van der Waals surface area contributed by atoms with Gasteiger partial charge in [0, 0.05) is 35.2 Å². The number of nitrogens with zero attached hydrogens (tertiary/aromatic N) is 1. The van der Waals surface area contributed by atoms with Crippen LogP contribution in [-0.4, -0.2) is 45.7 Å². The number of hydrogen-bond acceptors (Lipinski definition) is 6. The van der Waals surface area contributed by atoms with Gasteiger partial charge in [-0.1, -0.05) is 18.2 Å². The fourth-order valence-corrected chi connectivity index (χ4v) is 4.19. The van der Waals surface area contributed by atoms with Crippen molar-refractivity contribution in [1.29, 1.82) is 0 Å². The number of carbonyl (C=O) groups is 2. The standard InChI is InChI=1S/C29H33FN2O6/c1-29(14-15-33,24-8-6-7-9-25(24)30)31-28(34)32(18-20-10-12-22(35-2)16-26(20)37-4)19-21-11-13-23(36-3)17-27(21)38-5/h6-13,15-17H,14,18-19H2,1-5H3,(H,31,34). The fraction of sp³-hybridized carbons (Fsp3) is 0.310. The van der Waals surface area contributed by atoms with Gasteiger partial charge in [0.05, 0.1) is 47.1 Å². The normalized spacial score (nSPS) is 12.2. The average Bonchev–Trinajstić information content (AvgIpc) is 2.93. The quantitative estimate of drug-likeness (QED) is 0.333. The molecule has 1 N–H and O–H groups in total. The van der Waals surface area contributed by atoms with Crippen molar-refractivity contribution in [2.75, 3.05) is 28.4 Å². The van der Waals surface area contributed by atoms with Crippen LogP contribution in [0.25, 0.3) is 0 Å². The number of methoxy groups -OCH3 is 4. The first-order valence-electron chi connectivity index (χ1n) is 12.0. The van der Waals surface area contributed by atoms with E-state index in [0.717, 1.165) is 11.1 Å². The molecular formula is C29H33FN2O6. The van der Waals surface area contributed by atoms with E-state index in [1.54, 1.807) is 68.5 Å². The molecule has 0 bridgehead atoms. The second-order valence-electron chi connectivity index (χ2n) is 8.82. The molecule has 0 saturated heterocycles. The average molecular weight is 525 g/mol. The number of hydrogen-bond donors (Lipinski definition) is 1. The molecule has 1 unspecified atom stereocenters. The minimum Gasteiger partial charge on any atom is -0.497 e. The highest BCUT2D eigenvalue weighted by atomic mass is 19.1. The highest BCUT2D eigenvalue weighted by molar-refractivity contribution is 5.76. The Morgan fingerprint density at radius 3 is 1.84 bits per heavy atom. The first-order chi connectivity index (χ1) is 18.3. The van der Waals surface area contributed by atoms with Crippen LogP contribution in [0.1, 0.15) is 30.0 Å². The summed E-state index contributed by atoms with van der Waals surface area (Å²) in [7, 11) is 6.19. The molecule has 0 spiro atoms. The van der Waals surface area contributed by atoms with Crippen molar-refractivity contribution < 1.29 is 32.9 Å². The van der Waals surface area contributed by atoms with Crippen LogP contribution >= 0.6 is 0 Å². The van der Waals surface area contributed by atoms with Crippen molar-refractivity contribution in [3.05, 3.63) is 83.2 Å².